The third-order valence-electron chi connectivity index (χ3n) is 2.47. The summed E-state index contributed by atoms with van der Waals surface area (Å²) in [6.07, 6.45) is 0.988. The van der Waals surface area contributed by atoms with Crippen LogP contribution in [0.15, 0.2) is 18.3 Å². The van der Waals surface area contributed by atoms with Gasteiger partial charge in [0.05, 0.1) is 11.3 Å². The maximum atomic E-state index is 13.5. The Morgan fingerprint density at radius 1 is 1.35 bits per heavy atom. The van der Waals surface area contributed by atoms with E-state index < -0.39 is 23.2 Å². The summed E-state index contributed by atoms with van der Waals surface area (Å²) in [4.78, 5) is 18.8. The zero-order valence-corrected chi connectivity index (χ0v) is 11.6. The second-order valence-corrected chi connectivity index (χ2v) is 4.59. The van der Waals surface area contributed by atoms with E-state index in [0.717, 1.165) is 12.3 Å². The number of halogens is 4. The summed E-state index contributed by atoms with van der Waals surface area (Å²) in [7, 11) is 0. The molecule has 0 unspecified atom stereocenters. The number of hydrogen-bond acceptors (Lipinski definition) is 3. The third kappa shape index (κ3) is 2.86. The molecule has 0 aliphatic heterocycles. The fraction of sp³-hybridized carbons (Fsp3) is 0.0833. The van der Waals surface area contributed by atoms with Gasteiger partial charge in [0, 0.05) is 6.20 Å². The maximum absolute atomic E-state index is 13.5. The van der Waals surface area contributed by atoms with Crippen LogP contribution in [0.2, 0.25) is 10.3 Å². The molecule has 0 atom stereocenters. The maximum Gasteiger partial charge on any atom is 0.258 e. The van der Waals surface area contributed by atoms with Gasteiger partial charge in [-0.05, 0) is 24.6 Å². The highest BCUT2D eigenvalue weighted by atomic mass is 35.5. The van der Waals surface area contributed by atoms with Crippen LogP contribution in [0.3, 0.4) is 0 Å². The standard InChI is InChI=1S/C12H7Cl2F2N3O/c1-5-4-7(13)18-10(14)9(5)19-12(20)6-2-3-17-11(16)8(6)15/h2-4H,1H3,(H,19,20). The molecule has 0 saturated carbocycles. The van der Waals surface area contributed by atoms with Gasteiger partial charge in [0.1, 0.15) is 5.15 Å². The topological polar surface area (TPSA) is 54.9 Å². The van der Waals surface area contributed by atoms with Crippen molar-refractivity contribution in [1.82, 2.24) is 9.97 Å². The zero-order chi connectivity index (χ0) is 14.9. The van der Waals surface area contributed by atoms with Crippen LogP contribution in [0, 0.1) is 18.7 Å². The largest absolute Gasteiger partial charge is 0.319 e. The van der Waals surface area contributed by atoms with E-state index in [2.05, 4.69) is 15.3 Å². The minimum absolute atomic E-state index is 0.0433. The molecule has 1 amide bonds. The second-order valence-electron chi connectivity index (χ2n) is 3.85. The summed E-state index contributed by atoms with van der Waals surface area (Å²) in [6.45, 7) is 1.64. The monoisotopic (exact) mass is 317 g/mol. The summed E-state index contributed by atoms with van der Waals surface area (Å²) in [5.41, 5.74) is 0.235. The molecule has 1 N–H and O–H groups in total. The first-order chi connectivity index (χ1) is 9.40. The summed E-state index contributed by atoms with van der Waals surface area (Å²) < 4.78 is 26.4. The highest BCUT2D eigenvalue weighted by Gasteiger charge is 2.18. The number of aromatic nitrogens is 2. The van der Waals surface area contributed by atoms with Crippen LogP contribution in [0.5, 0.6) is 0 Å². The van der Waals surface area contributed by atoms with Gasteiger partial charge < -0.3 is 5.32 Å². The summed E-state index contributed by atoms with van der Waals surface area (Å²) in [5.74, 6) is -3.55. The first-order valence-electron chi connectivity index (χ1n) is 5.34. The predicted molar refractivity (Wildman–Crippen MR) is 71.1 cm³/mol. The Morgan fingerprint density at radius 2 is 2.05 bits per heavy atom. The van der Waals surface area contributed by atoms with E-state index in [9.17, 15) is 13.6 Å². The molecule has 104 valence electrons. The van der Waals surface area contributed by atoms with Crippen LogP contribution in [-0.2, 0) is 0 Å². The van der Waals surface area contributed by atoms with Crippen molar-refractivity contribution in [2.24, 2.45) is 0 Å². The smallest absolute Gasteiger partial charge is 0.258 e. The molecule has 2 rings (SSSR count). The van der Waals surface area contributed by atoms with Gasteiger partial charge in [0.15, 0.2) is 11.0 Å². The Labute approximate surface area is 122 Å². The van der Waals surface area contributed by atoms with Crippen LogP contribution >= 0.6 is 23.2 Å². The number of aryl methyl sites for hydroxylation is 1. The molecule has 4 nitrogen and oxygen atoms in total. The summed E-state index contributed by atoms with van der Waals surface area (Å²) >= 11 is 11.5. The lowest BCUT2D eigenvalue weighted by Gasteiger charge is -2.10. The van der Waals surface area contributed by atoms with Crippen molar-refractivity contribution in [3.05, 3.63) is 51.5 Å². The zero-order valence-electron chi connectivity index (χ0n) is 10.0. The molecule has 0 spiro atoms. The number of amides is 1. The molecule has 8 heteroatoms. The number of carbonyl (C=O) groups excluding carboxylic acids is 1. The number of pyridine rings is 2. The fourth-order valence-electron chi connectivity index (χ4n) is 1.52. The molecular formula is C12H7Cl2F2N3O. The van der Waals surface area contributed by atoms with E-state index in [0.29, 0.717) is 5.56 Å². The minimum Gasteiger partial charge on any atom is -0.319 e. The normalized spacial score (nSPS) is 10.4. The number of rotatable bonds is 2. The van der Waals surface area contributed by atoms with Crippen LogP contribution in [-0.4, -0.2) is 15.9 Å². The van der Waals surface area contributed by atoms with Crippen molar-refractivity contribution in [1.29, 1.82) is 0 Å². The van der Waals surface area contributed by atoms with Crippen molar-refractivity contribution in [3.63, 3.8) is 0 Å². The van der Waals surface area contributed by atoms with Crippen LogP contribution < -0.4 is 5.32 Å². The van der Waals surface area contributed by atoms with Gasteiger partial charge in [-0.15, -0.1) is 0 Å². The van der Waals surface area contributed by atoms with E-state index in [1.165, 1.54) is 6.07 Å². The third-order valence-corrected chi connectivity index (χ3v) is 2.94. The van der Waals surface area contributed by atoms with Gasteiger partial charge >= 0.3 is 0 Å². The molecule has 2 aromatic rings. The Hall–Kier alpha value is -1.79. The van der Waals surface area contributed by atoms with Gasteiger partial charge in [0.2, 0.25) is 5.95 Å². The van der Waals surface area contributed by atoms with E-state index >= 15 is 0 Å². The Balaban J connectivity index is 2.36. The Kier molecular flexibility index (Phi) is 4.15. The molecule has 2 heterocycles. The molecule has 0 fully saturated rings. The lowest BCUT2D eigenvalue weighted by Crippen LogP contribution is -2.16. The average Bonchev–Trinajstić information content (AvgIpc) is 2.36. The SMILES string of the molecule is Cc1cc(Cl)nc(Cl)c1NC(=O)c1ccnc(F)c1F. The molecular weight excluding hydrogens is 311 g/mol. The molecule has 20 heavy (non-hydrogen) atoms. The lowest BCUT2D eigenvalue weighted by atomic mass is 10.2. The number of nitrogens with zero attached hydrogens (tertiary/aromatic N) is 2. The number of anilines is 1. The van der Waals surface area contributed by atoms with Crippen LogP contribution in [0.4, 0.5) is 14.5 Å². The molecule has 0 radical (unpaired) electrons. The lowest BCUT2D eigenvalue weighted by molar-refractivity contribution is 0.102. The molecule has 2 aromatic heterocycles. The Morgan fingerprint density at radius 3 is 2.70 bits per heavy atom. The van der Waals surface area contributed by atoms with Gasteiger partial charge in [-0.1, -0.05) is 23.2 Å². The van der Waals surface area contributed by atoms with Gasteiger partial charge in [-0.25, -0.2) is 14.4 Å². The predicted octanol–water partition coefficient (Wildman–Crippen LogP) is 3.62. The number of nitrogens with one attached hydrogen (secondary N) is 1. The molecule has 0 aliphatic carbocycles. The number of carbonyl (C=O) groups is 1. The van der Waals surface area contributed by atoms with E-state index in [-0.39, 0.29) is 16.0 Å². The van der Waals surface area contributed by atoms with Crippen molar-refractivity contribution in [2.75, 3.05) is 5.32 Å². The van der Waals surface area contributed by atoms with E-state index in [4.69, 9.17) is 23.2 Å². The van der Waals surface area contributed by atoms with Crippen molar-refractivity contribution in [2.45, 2.75) is 6.92 Å². The van der Waals surface area contributed by atoms with E-state index in [1.54, 1.807) is 6.92 Å². The van der Waals surface area contributed by atoms with Crippen molar-refractivity contribution >= 4 is 34.8 Å². The molecule has 0 aliphatic rings. The van der Waals surface area contributed by atoms with Gasteiger partial charge in [0.25, 0.3) is 5.91 Å². The van der Waals surface area contributed by atoms with Crippen LogP contribution in [0.1, 0.15) is 15.9 Å². The highest BCUT2D eigenvalue weighted by Crippen LogP contribution is 2.27. The quantitative estimate of drug-likeness (QED) is 0.861. The Bertz CT molecular complexity index is 671. The molecule has 0 saturated heterocycles. The minimum atomic E-state index is -1.35. The van der Waals surface area contributed by atoms with E-state index in [1.807, 2.05) is 0 Å². The first-order valence-corrected chi connectivity index (χ1v) is 6.09. The number of hydrogen-bond donors (Lipinski definition) is 1. The van der Waals surface area contributed by atoms with Crippen LogP contribution in [0.25, 0.3) is 0 Å². The summed E-state index contributed by atoms with van der Waals surface area (Å²) in [6, 6.07) is 2.53. The average molecular weight is 318 g/mol. The first kappa shape index (κ1) is 14.6. The molecule has 0 bridgehead atoms. The van der Waals surface area contributed by atoms with Gasteiger partial charge in [-0.3, -0.25) is 4.79 Å². The second kappa shape index (κ2) is 5.68. The summed E-state index contributed by atoms with van der Waals surface area (Å²) in [5, 5.41) is 2.48. The van der Waals surface area contributed by atoms with Crippen molar-refractivity contribution < 1.29 is 13.6 Å². The van der Waals surface area contributed by atoms with Crippen molar-refractivity contribution in [3.8, 4) is 0 Å². The highest BCUT2D eigenvalue weighted by molar-refractivity contribution is 6.35. The molecule has 0 aromatic carbocycles. The fourth-order valence-corrected chi connectivity index (χ4v) is 2.10. The van der Waals surface area contributed by atoms with Gasteiger partial charge in [-0.2, -0.15) is 4.39 Å².